The molecule has 0 aromatic heterocycles. The van der Waals surface area contributed by atoms with E-state index in [9.17, 15) is 10.1 Å². The second-order valence-corrected chi connectivity index (χ2v) is 6.37. The molecule has 0 heterocycles. The second kappa shape index (κ2) is 6.83. The third-order valence-corrected chi connectivity index (χ3v) is 4.85. The number of hydrogen-bond acceptors (Lipinski definition) is 5. The van der Waals surface area contributed by atoms with Gasteiger partial charge in [-0.15, -0.1) is 0 Å². The van der Waals surface area contributed by atoms with E-state index in [4.69, 9.17) is 4.74 Å². The van der Waals surface area contributed by atoms with Gasteiger partial charge in [0.25, 0.3) is 5.69 Å². The minimum absolute atomic E-state index is 0.0598. The maximum absolute atomic E-state index is 10.9. The van der Waals surface area contributed by atoms with Crippen LogP contribution in [0.2, 0.25) is 0 Å². The van der Waals surface area contributed by atoms with Crippen molar-refractivity contribution in [2.45, 2.75) is 37.5 Å². The van der Waals surface area contributed by atoms with E-state index in [1.54, 1.807) is 6.07 Å². The van der Waals surface area contributed by atoms with E-state index in [2.05, 4.69) is 12.2 Å². The molecule has 2 atom stereocenters. The first kappa shape index (κ1) is 15.0. The molecule has 5 nitrogen and oxygen atoms in total. The number of rotatable bonds is 6. The Bertz CT molecular complexity index is 481. The highest BCUT2D eigenvalue weighted by Crippen LogP contribution is 2.34. The Kier molecular flexibility index (Phi) is 5.11. The summed E-state index contributed by atoms with van der Waals surface area (Å²) < 4.78 is 5.13. The molecule has 6 heteroatoms. The third kappa shape index (κ3) is 3.56. The molecule has 1 aromatic carbocycles. The molecule has 20 heavy (non-hydrogen) atoms. The van der Waals surface area contributed by atoms with Gasteiger partial charge in [0.1, 0.15) is 5.75 Å². The van der Waals surface area contributed by atoms with E-state index in [1.165, 1.54) is 26.0 Å². The van der Waals surface area contributed by atoms with Gasteiger partial charge in [0.2, 0.25) is 0 Å². The molecule has 1 fully saturated rings. The lowest BCUT2D eigenvalue weighted by Gasteiger charge is -2.21. The number of benzene rings is 1. The number of thioether (sulfide) groups is 1. The molecule has 0 radical (unpaired) electrons. The number of nitrogens with one attached hydrogen (secondary N) is 1. The fourth-order valence-corrected chi connectivity index (χ4v) is 3.81. The Balaban J connectivity index is 2.15. The Morgan fingerprint density at radius 1 is 1.45 bits per heavy atom. The van der Waals surface area contributed by atoms with Crippen molar-refractivity contribution in [3.05, 3.63) is 28.3 Å². The van der Waals surface area contributed by atoms with Crippen LogP contribution in [-0.2, 0) is 0 Å². The summed E-state index contributed by atoms with van der Waals surface area (Å²) in [6, 6.07) is 5.22. The lowest BCUT2D eigenvalue weighted by Crippen LogP contribution is -2.26. The zero-order valence-corrected chi connectivity index (χ0v) is 12.6. The van der Waals surface area contributed by atoms with Gasteiger partial charge in [-0.05, 0) is 18.6 Å². The standard InChI is InChI=1S/C14H20N2O3S/c1-3-20-14-6-4-5-13(14)15-10-7-11(16(17)18)9-12(8-10)19-2/h7-9,13-15H,3-6H2,1-2H3. The summed E-state index contributed by atoms with van der Waals surface area (Å²) in [5.41, 5.74) is 0.828. The van der Waals surface area contributed by atoms with Gasteiger partial charge in [0.05, 0.1) is 18.1 Å². The molecule has 2 rings (SSSR count). The molecule has 0 spiro atoms. The zero-order valence-electron chi connectivity index (χ0n) is 11.8. The maximum atomic E-state index is 10.9. The van der Waals surface area contributed by atoms with Crippen LogP contribution in [0.4, 0.5) is 11.4 Å². The molecule has 2 unspecified atom stereocenters. The molecular formula is C14H20N2O3S. The van der Waals surface area contributed by atoms with Crippen molar-refractivity contribution in [3.8, 4) is 5.75 Å². The van der Waals surface area contributed by atoms with Crippen molar-refractivity contribution in [3.63, 3.8) is 0 Å². The Morgan fingerprint density at radius 3 is 2.90 bits per heavy atom. The van der Waals surface area contributed by atoms with Crippen molar-refractivity contribution in [1.82, 2.24) is 0 Å². The molecule has 1 saturated carbocycles. The number of ether oxygens (including phenoxy) is 1. The molecule has 0 aliphatic heterocycles. The average molecular weight is 296 g/mol. The first-order chi connectivity index (χ1) is 9.63. The Morgan fingerprint density at radius 2 is 2.25 bits per heavy atom. The highest BCUT2D eigenvalue weighted by Gasteiger charge is 2.27. The number of nitrogens with zero attached hydrogens (tertiary/aromatic N) is 1. The topological polar surface area (TPSA) is 64.4 Å². The van der Waals surface area contributed by atoms with E-state index in [0.717, 1.165) is 17.9 Å². The van der Waals surface area contributed by atoms with Crippen LogP contribution in [0.15, 0.2) is 18.2 Å². The lowest BCUT2D eigenvalue weighted by atomic mass is 10.2. The van der Waals surface area contributed by atoms with Crippen molar-refractivity contribution in [2.75, 3.05) is 18.2 Å². The summed E-state index contributed by atoms with van der Waals surface area (Å²) in [4.78, 5) is 10.6. The monoisotopic (exact) mass is 296 g/mol. The average Bonchev–Trinajstić information content (AvgIpc) is 2.86. The van der Waals surface area contributed by atoms with Crippen LogP contribution >= 0.6 is 11.8 Å². The molecule has 0 bridgehead atoms. The van der Waals surface area contributed by atoms with Gasteiger partial charge in [-0.25, -0.2) is 0 Å². The minimum Gasteiger partial charge on any atom is -0.496 e. The molecule has 0 saturated heterocycles. The Hall–Kier alpha value is -1.43. The molecule has 1 aliphatic carbocycles. The molecule has 1 aliphatic rings. The molecular weight excluding hydrogens is 276 g/mol. The lowest BCUT2D eigenvalue weighted by molar-refractivity contribution is -0.384. The fourth-order valence-electron chi connectivity index (χ4n) is 2.61. The first-order valence-corrected chi connectivity index (χ1v) is 7.90. The van der Waals surface area contributed by atoms with E-state index in [-0.39, 0.29) is 10.6 Å². The summed E-state index contributed by atoms with van der Waals surface area (Å²) >= 11 is 1.96. The number of nitro benzene ring substituents is 1. The molecule has 0 amide bonds. The van der Waals surface area contributed by atoms with Crippen LogP contribution in [0.25, 0.3) is 0 Å². The van der Waals surface area contributed by atoms with Gasteiger partial charge >= 0.3 is 0 Å². The normalized spacial score (nSPS) is 21.7. The molecule has 1 aromatic rings. The maximum Gasteiger partial charge on any atom is 0.275 e. The van der Waals surface area contributed by atoms with Crippen molar-refractivity contribution >= 4 is 23.1 Å². The largest absolute Gasteiger partial charge is 0.496 e. The van der Waals surface area contributed by atoms with Gasteiger partial charge in [-0.3, -0.25) is 10.1 Å². The smallest absolute Gasteiger partial charge is 0.275 e. The summed E-state index contributed by atoms with van der Waals surface area (Å²) in [5, 5.41) is 15.0. The van der Waals surface area contributed by atoms with Crippen LogP contribution in [-0.4, -0.2) is 29.1 Å². The van der Waals surface area contributed by atoms with Gasteiger partial charge < -0.3 is 10.1 Å². The van der Waals surface area contributed by atoms with Gasteiger partial charge in [0, 0.05) is 29.1 Å². The number of nitro groups is 1. The number of methoxy groups -OCH3 is 1. The van der Waals surface area contributed by atoms with E-state index in [1.807, 2.05) is 17.8 Å². The van der Waals surface area contributed by atoms with Crippen LogP contribution in [0.1, 0.15) is 26.2 Å². The first-order valence-electron chi connectivity index (χ1n) is 6.85. The summed E-state index contributed by atoms with van der Waals surface area (Å²) in [6.45, 7) is 2.16. The second-order valence-electron chi connectivity index (χ2n) is 4.85. The van der Waals surface area contributed by atoms with Crippen LogP contribution in [0.3, 0.4) is 0 Å². The highest BCUT2D eigenvalue weighted by molar-refractivity contribution is 7.99. The van der Waals surface area contributed by atoms with E-state index >= 15 is 0 Å². The van der Waals surface area contributed by atoms with Crippen LogP contribution < -0.4 is 10.1 Å². The number of hydrogen-bond donors (Lipinski definition) is 1. The molecule has 1 N–H and O–H groups in total. The van der Waals surface area contributed by atoms with E-state index in [0.29, 0.717) is 17.0 Å². The summed E-state index contributed by atoms with van der Waals surface area (Å²) in [7, 11) is 1.52. The zero-order chi connectivity index (χ0) is 14.5. The van der Waals surface area contributed by atoms with Gasteiger partial charge in [-0.2, -0.15) is 11.8 Å². The third-order valence-electron chi connectivity index (χ3n) is 3.52. The van der Waals surface area contributed by atoms with Gasteiger partial charge in [0.15, 0.2) is 0 Å². The van der Waals surface area contributed by atoms with Crippen molar-refractivity contribution in [2.24, 2.45) is 0 Å². The number of non-ortho nitro benzene ring substituents is 1. The predicted octanol–water partition coefficient (Wildman–Crippen LogP) is 3.69. The molecule has 110 valence electrons. The van der Waals surface area contributed by atoms with E-state index < -0.39 is 0 Å². The van der Waals surface area contributed by atoms with Crippen LogP contribution in [0, 0.1) is 10.1 Å². The van der Waals surface area contributed by atoms with Crippen molar-refractivity contribution in [1.29, 1.82) is 0 Å². The SMILES string of the molecule is CCSC1CCCC1Nc1cc(OC)cc([N+](=O)[O-])c1. The predicted molar refractivity (Wildman–Crippen MR) is 82.8 cm³/mol. The fraction of sp³-hybridized carbons (Fsp3) is 0.571. The summed E-state index contributed by atoms with van der Waals surface area (Å²) in [6.07, 6.45) is 3.53. The van der Waals surface area contributed by atoms with Crippen molar-refractivity contribution < 1.29 is 9.66 Å². The van der Waals surface area contributed by atoms with Gasteiger partial charge in [-0.1, -0.05) is 13.3 Å². The number of anilines is 1. The Labute approximate surface area is 123 Å². The summed E-state index contributed by atoms with van der Waals surface area (Å²) in [5.74, 6) is 1.61. The van der Waals surface area contributed by atoms with Crippen LogP contribution in [0.5, 0.6) is 5.75 Å². The highest BCUT2D eigenvalue weighted by atomic mass is 32.2. The minimum atomic E-state index is -0.388. The quantitative estimate of drug-likeness (QED) is 0.640.